The van der Waals surface area contributed by atoms with E-state index in [1.54, 1.807) is 48.5 Å². The summed E-state index contributed by atoms with van der Waals surface area (Å²) in [6.45, 7) is 2.13. The lowest BCUT2D eigenvalue weighted by Gasteiger charge is -2.25. The van der Waals surface area contributed by atoms with Gasteiger partial charge in [0.1, 0.15) is 17.9 Å². The molecule has 0 aliphatic carbocycles. The van der Waals surface area contributed by atoms with Crippen molar-refractivity contribution in [2.24, 2.45) is 0 Å². The van der Waals surface area contributed by atoms with Crippen LogP contribution in [0.4, 0.5) is 4.79 Å². The molecule has 0 spiro atoms. The number of halogens is 1. The lowest BCUT2D eigenvalue weighted by molar-refractivity contribution is -0.132. The Kier molecular flexibility index (Phi) is 5.33. The molecule has 2 aromatic rings. The van der Waals surface area contributed by atoms with E-state index in [9.17, 15) is 9.59 Å². The Bertz CT molecular complexity index is 890. The molecule has 3 amide bonds. The predicted molar refractivity (Wildman–Crippen MR) is 100 cm³/mol. The summed E-state index contributed by atoms with van der Waals surface area (Å²) in [4.78, 5) is 26.6. The van der Waals surface area contributed by atoms with Gasteiger partial charge in [-0.15, -0.1) is 0 Å². The van der Waals surface area contributed by atoms with Gasteiger partial charge in [0.25, 0.3) is 5.91 Å². The van der Waals surface area contributed by atoms with Gasteiger partial charge >= 0.3 is 6.03 Å². The van der Waals surface area contributed by atoms with Crippen LogP contribution in [-0.2, 0) is 10.3 Å². The molecule has 138 valence electrons. The monoisotopic (exact) mass is 383 g/mol. The van der Waals surface area contributed by atoms with Gasteiger partial charge in [0.2, 0.25) is 0 Å². The number of hydrogen-bond donors (Lipinski definition) is 1. The summed E-state index contributed by atoms with van der Waals surface area (Å²) in [6, 6.07) is 15.1. The average molecular weight is 384 g/mol. The van der Waals surface area contributed by atoms with Crippen LogP contribution < -0.4 is 10.1 Å². The molecule has 0 aromatic heterocycles. The summed E-state index contributed by atoms with van der Waals surface area (Å²) in [5, 5.41) is 12.2. The third kappa shape index (κ3) is 3.60. The van der Waals surface area contributed by atoms with E-state index in [1.165, 1.54) is 4.90 Å². The van der Waals surface area contributed by atoms with Gasteiger partial charge in [-0.3, -0.25) is 9.69 Å². The Morgan fingerprint density at radius 2 is 1.81 bits per heavy atom. The number of hydrogen-bond acceptors (Lipinski definition) is 4. The Labute approximate surface area is 162 Å². The summed E-state index contributed by atoms with van der Waals surface area (Å²) in [6.07, 6.45) is 0.423. The number of carbonyl (C=O) groups is 2. The summed E-state index contributed by atoms with van der Waals surface area (Å²) >= 11 is 5.93. The van der Waals surface area contributed by atoms with E-state index in [1.807, 2.05) is 13.0 Å². The highest BCUT2D eigenvalue weighted by molar-refractivity contribution is 6.30. The molecule has 2 aromatic carbocycles. The number of amides is 3. The number of benzene rings is 2. The SMILES string of the molecule is CCC1(c2ccc(Cl)cc2)NC(=O)N(CCOc2ccc(C#N)cc2)C1=O. The normalized spacial score (nSPS) is 18.9. The summed E-state index contributed by atoms with van der Waals surface area (Å²) in [7, 11) is 0. The average Bonchev–Trinajstić information content (AvgIpc) is 2.94. The Hall–Kier alpha value is -3.04. The number of nitrogens with zero attached hydrogens (tertiary/aromatic N) is 2. The van der Waals surface area contributed by atoms with Crippen molar-refractivity contribution in [3.63, 3.8) is 0 Å². The zero-order valence-corrected chi connectivity index (χ0v) is 15.5. The topological polar surface area (TPSA) is 82.4 Å². The Morgan fingerprint density at radius 1 is 1.15 bits per heavy atom. The maximum absolute atomic E-state index is 13.0. The molecule has 7 heteroatoms. The van der Waals surface area contributed by atoms with Gasteiger partial charge < -0.3 is 10.1 Å². The van der Waals surface area contributed by atoms with Crippen LogP contribution in [0, 0.1) is 11.3 Å². The van der Waals surface area contributed by atoms with Gasteiger partial charge in [0, 0.05) is 5.02 Å². The number of carbonyl (C=O) groups excluding carboxylic acids is 2. The molecule has 3 rings (SSSR count). The molecule has 1 atom stereocenters. The molecule has 1 N–H and O–H groups in total. The maximum Gasteiger partial charge on any atom is 0.325 e. The molecular formula is C20H18ClN3O3. The van der Waals surface area contributed by atoms with Crippen LogP contribution in [0.1, 0.15) is 24.5 Å². The van der Waals surface area contributed by atoms with E-state index in [0.717, 1.165) is 0 Å². The third-order valence-electron chi connectivity index (χ3n) is 4.61. The fourth-order valence-electron chi connectivity index (χ4n) is 3.08. The van der Waals surface area contributed by atoms with Crippen LogP contribution in [0.25, 0.3) is 0 Å². The number of imide groups is 1. The highest BCUT2D eigenvalue weighted by Crippen LogP contribution is 2.33. The Balaban J connectivity index is 1.69. The first kappa shape index (κ1) is 18.7. The van der Waals surface area contributed by atoms with Crippen molar-refractivity contribution in [2.45, 2.75) is 18.9 Å². The van der Waals surface area contributed by atoms with Crippen molar-refractivity contribution in [3.05, 3.63) is 64.7 Å². The first-order valence-corrected chi connectivity index (χ1v) is 8.91. The first-order chi connectivity index (χ1) is 13.0. The molecular weight excluding hydrogens is 366 g/mol. The van der Waals surface area contributed by atoms with Gasteiger partial charge in [-0.05, 0) is 48.4 Å². The van der Waals surface area contributed by atoms with Gasteiger partial charge in [-0.25, -0.2) is 4.79 Å². The molecule has 1 unspecified atom stereocenters. The van der Waals surface area contributed by atoms with Crippen LogP contribution in [0.3, 0.4) is 0 Å². The molecule has 1 aliphatic heterocycles. The maximum atomic E-state index is 13.0. The second-order valence-electron chi connectivity index (χ2n) is 6.14. The molecule has 1 fully saturated rings. The minimum Gasteiger partial charge on any atom is -0.492 e. The van der Waals surface area contributed by atoms with E-state index in [0.29, 0.717) is 28.3 Å². The van der Waals surface area contributed by atoms with Crippen molar-refractivity contribution in [3.8, 4) is 11.8 Å². The zero-order chi connectivity index (χ0) is 19.4. The molecule has 1 heterocycles. The smallest absolute Gasteiger partial charge is 0.325 e. The lowest BCUT2D eigenvalue weighted by Crippen LogP contribution is -2.43. The number of ether oxygens (including phenoxy) is 1. The van der Waals surface area contributed by atoms with E-state index in [4.69, 9.17) is 21.6 Å². The van der Waals surface area contributed by atoms with Gasteiger partial charge in [-0.1, -0.05) is 30.7 Å². The van der Waals surface area contributed by atoms with Crippen LogP contribution in [-0.4, -0.2) is 30.0 Å². The van der Waals surface area contributed by atoms with Crippen molar-refractivity contribution in [1.82, 2.24) is 10.2 Å². The highest BCUT2D eigenvalue weighted by Gasteiger charge is 2.50. The number of nitriles is 1. The molecule has 0 bridgehead atoms. The second kappa shape index (κ2) is 7.68. The molecule has 6 nitrogen and oxygen atoms in total. The fraction of sp³-hybridized carbons (Fsp3) is 0.250. The Morgan fingerprint density at radius 3 is 2.41 bits per heavy atom. The standard InChI is InChI=1S/C20H18ClN3O3/c1-2-20(15-5-7-16(21)8-6-15)18(25)24(19(26)23-20)11-12-27-17-9-3-14(13-22)4-10-17/h3-10H,2,11-12H2,1H3,(H,23,26). The number of rotatable bonds is 6. The van der Waals surface area contributed by atoms with Gasteiger partial charge in [0.15, 0.2) is 0 Å². The van der Waals surface area contributed by atoms with Crippen LogP contribution in [0.2, 0.25) is 5.02 Å². The minimum atomic E-state index is -1.09. The van der Waals surface area contributed by atoms with E-state index >= 15 is 0 Å². The van der Waals surface area contributed by atoms with Crippen LogP contribution >= 0.6 is 11.6 Å². The molecule has 0 radical (unpaired) electrons. The summed E-state index contributed by atoms with van der Waals surface area (Å²) < 4.78 is 5.59. The van der Waals surface area contributed by atoms with Gasteiger partial charge in [0.05, 0.1) is 18.2 Å². The van der Waals surface area contributed by atoms with Crippen molar-refractivity contribution in [1.29, 1.82) is 5.26 Å². The van der Waals surface area contributed by atoms with E-state index in [2.05, 4.69) is 5.32 Å². The second-order valence-corrected chi connectivity index (χ2v) is 6.57. The summed E-state index contributed by atoms with van der Waals surface area (Å²) in [5.74, 6) is 0.265. The van der Waals surface area contributed by atoms with Gasteiger partial charge in [-0.2, -0.15) is 5.26 Å². The number of nitrogens with one attached hydrogen (secondary N) is 1. The lowest BCUT2D eigenvalue weighted by atomic mass is 9.87. The molecule has 0 saturated carbocycles. The molecule has 27 heavy (non-hydrogen) atoms. The van der Waals surface area contributed by atoms with Crippen molar-refractivity contribution in [2.75, 3.05) is 13.2 Å². The van der Waals surface area contributed by atoms with E-state index < -0.39 is 11.6 Å². The van der Waals surface area contributed by atoms with Crippen molar-refractivity contribution >= 4 is 23.5 Å². The first-order valence-electron chi connectivity index (χ1n) is 8.53. The highest BCUT2D eigenvalue weighted by atomic mass is 35.5. The minimum absolute atomic E-state index is 0.125. The number of urea groups is 1. The fourth-order valence-corrected chi connectivity index (χ4v) is 3.21. The molecule has 1 saturated heterocycles. The summed E-state index contributed by atoms with van der Waals surface area (Å²) in [5.41, 5.74) is 0.145. The largest absolute Gasteiger partial charge is 0.492 e. The third-order valence-corrected chi connectivity index (χ3v) is 4.86. The van der Waals surface area contributed by atoms with E-state index in [-0.39, 0.29) is 19.1 Å². The van der Waals surface area contributed by atoms with Crippen molar-refractivity contribution < 1.29 is 14.3 Å². The quantitative estimate of drug-likeness (QED) is 0.774. The molecule has 1 aliphatic rings. The predicted octanol–water partition coefficient (Wildman–Crippen LogP) is 3.45. The van der Waals surface area contributed by atoms with Crippen LogP contribution in [0.5, 0.6) is 5.75 Å². The van der Waals surface area contributed by atoms with Crippen LogP contribution in [0.15, 0.2) is 48.5 Å². The zero-order valence-electron chi connectivity index (χ0n) is 14.7.